The molecule has 2 saturated carbocycles. The van der Waals surface area contributed by atoms with E-state index in [2.05, 4.69) is 5.10 Å². The number of anilines is 2. The molecule has 4 atom stereocenters. The third-order valence-electron chi connectivity index (χ3n) is 7.89. The highest BCUT2D eigenvalue weighted by atomic mass is 32.2. The second-order valence-electron chi connectivity index (χ2n) is 10.2. The van der Waals surface area contributed by atoms with Gasteiger partial charge < -0.3 is 14.6 Å². The molecule has 2 aliphatic carbocycles. The number of nitrogens with zero attached hydrogens (tertiary/aromatic N) is 5. The zero-order valence-corrected chi connectivity index (χ0v) is 21.4. The predicted molar refractivity (Wildman–Crippen MR) is 131 cm³/mol. The Balaban J connectivity index is 1.39. The lowest BCUT2D eigenvalue weighted by Gasteiger charge is -2.37. The molecular weight excluding hydrogens is 518 g/mol. The molecule has 6 rings (SSSR count). The standard InChI is InChI=1S/C24H27N5O8S/c1-26-12-18(9-25-26)38(34,35)28-11-17(10-27-22(30)13-36-24(27)33)37-21-5-4-16(8-20(21)28)29(23(31)32)19-7-14-2-3-15(19)6-14/h4-5,8-9,12,14-15,17,19H,2-3,6-7,10-11,13H2,1H3,(H,31,32)/t14?,15?,17-,19?/m0/s1. The number of carbonyl (C=O) groups is 3. The molecule has 38 heavy (non-hydrogen) atoms. The zero-order valence-electron chi connectivity index (χ0n) is 20.6. The van der Waals surface area contributed by atoms with Gasteiger partial charge in [-0.2, -0.15) is 5.10 Å². The molecule has 3 heterocycles. The Labute approximate surface area is 218 Å². The van der Waals surface area contributed by atoms with Gasteiger partial charge >= 0.3 is 12.2 Å². The molecule has 3 fully saturated rings. The lowest BCUT2D eigenvalue weighted by Crippen LogP contribution is -2.49. The van der Waals surface area contributed by atoms with Gasteiger partial charge in [-0.15, -0.1) is 0 Å². The van der Waals surface area contributed by atoms with Gasteiger partial charge in [-0.1, -0.05) is 6.42 Å². The Kier molecular flexibility index (Phi) is 5.74. The number of aryl methyl sites for hydroxylation is 1. The van der Waals surface area contributed by atoms with Crippen LogP contribution in [-0.4, -0.2) is 78.1 Å². The molecule has 1 N–H and O–H groups in total. The van der Waals surface area contributed by atoms with Crippen LogP contribution in [-0.2, 0) is 26.6 Å². The average molecular weight is 546 g/mol. The van der Waals surface area contributed by atoms with Crippen molar-refractivity contribution >= 4 is 39.5 Å². The van der Waals surface area contributed by atoms with Crippen molar-refractivity contribution in [2.45, 2.75) is 42.7 Å². The normalized spacial score (nSPS) is 26.3. The third-order valence-corrected chi connectivity index (χ3v) is 9.62. The van der Waals surface area contributed by atoms with E-state index in [1.165, 1.54) is 34.1 Å². The fourth-order valence-electron chi connectivity index (χ4n) is 6.16. The summed E-state index contributed by atoms with van der Waals surface area (Å²) < 4.78 is 40.8. The van der Waals surface area contributed by atoms with Crippen molar-refractivity contribution in [3.05, 3.63) is 30.6 Å². The molecule has 1 aromatic heterocycles. The number of ether oxygens (including phenoxy) is 2. The Morgan fingerprint density at radius 2 is 2.05 bits per heavy atom. The van der Waals surface area contributed by atoms with Gasteiger partial charge in [0.2, 0.25) is 0 Å². The number of hydrogen-bond acceptors (Lipinski definition) is 8. The lowest BCUT2D eigenvalue weighted by molar-refractivity contribution is -0.126. The molecule has 0 radical (unpaired) electrons. The molecular formula is C24H27N5O8S. The average Bonchev–Trinajstić information content (AvgIpc) is 3.67. The number of carbonyl (C=O) groups excluding carboxylic acids is 2. The topological polar surface area (TPSA) is 152 Å². The molecule has 14 heteroatoms. The molecule has 0 spiro atoms. The number of carboxylic acid groups (broad SMARTS) is 1. The third kappa shape index (κ3) is 4.03. The Morgan fingerprint density at radius 3 is 2.66 bits per heavy atom. The summed E-state index contributed by atoms with van der Waals surface area (Å²) in [6, 6.07) is 4.49. The summed E-state index contributed by atoms with van der Waals surface area (Å²) >= 11 is 0. The second kappa shape index (κ2) is 8.89. The number of imide groups is 1. The maximum absolute atomic E-state index is 13.8. The van der Waals surface area contributed by atoms with Crippen LogP contribution in [0.4, 0.5) is 21.0 Å². The van der Waals surface area contributed by atoms with Crippen LogP contribution in [0.25, 0.3) is 0 Å². The van der Waals surface area contributed by atoms with E-state index in [0.717, 1.165) is 34.9 Å². The van der Waals surface area contributed by atoms with Gasteiger partial charge in [-0.3, -0.25) is 18.7 Å². The number of amides is 3. The van der Waals surface area contributed by atoms with Crippen molar-refractivity contribution in [3.8, 4) is 5.75 Å². The predicted octanol–water partition coefficient (Wildman–Crippen LogP) is 2.03. The number of benzene rings is 1. The lowest BCUT2D eigenvalue weighted by atomic mass is 9.93. The van der Waals surface area contributed by atoms with Gasteiger partial charge in [0.15, 0.2) is 6.61 Å². The number of sulfonamides is 1. The number of aromatic nitrogens is 2. The number of cyclic esters (lactones) is 1. The molecule has 1 aromatic carbocycles. The van der Waals surface area contributed by atoms with E-state index in [-0.39, 0.29) is 48.0 Å². The van der Waals surface area contributed by atoms with Gasteiger partial charge in [0.1, 0.15) is 16.7 Å². The van der Waals surface area contributed by atoms with E-state index in [1.807, 2.05) is 0 Å². The summed E-state index contributed by atoms with van der Waals surface area (Å²) in [5.74, 6) is 0.442. The SMILES string of the molecule is Cn1cc(S(=O)(=O)N2C[C@H](CN3C(=O)COC3=O)Oc3ccc(N(C(=O)O)C4CC5CCC4C5)cc32)cn1. The summed E-state index contributed by atoms with van der Waals surface area (Å²) in [5, 5.41) is 14.1. The maximum atomic E-state index is 13.8. The van der Waals surface area contributed by atoms with Crippen LogP contribution in [0.3, 0.4) is 0 Å². The molecule has 3 unspecified atom stereocenters. The molecule has 1 saturated heterocycles. The molecule has 202 valence electrons. The first-order valence-electron chi connectivity index (χ1n) is 12.4. The van der Waals surface area contributed by atoms with Crippen LogP contribution < -0.4 is 13.9 Å². The van der Waals surface area contributed by atoms with E-state index >= 15 is 0 Å². The summed E-state index contributed by atoms with van der Waals surface area (Å²) in [4.78, 5) is 38.7. The van der Waals surface area contributed by atoms with Crippen LogP contribution in [0.1, 0.15) is 25.7 Å². The fraction of sp³-hybridized carbons (Fsp3) is 0.500. The van der Waals surface area contributed by atoms with E-state index in [9.17, 15) is 27.9 Å². The van der Waals surface area contributed by atoms with E-state index in [0.29, 0.717) is 11.6 Å². The van der Waals surface area contributed by atoms with Crippen molar-refractivity contribution in [3.63, 3.8) is 0 Å². The zero-order chi connectivity index (χ0) is 26.8. The van der Waals surface area contributed by atoms with Gasteiger partial charge in [-0.05, 0) is 49.3 Å². The van der Waals surface area contributed by atoms with Gasteiger partial charge in [0, 0.05) is 25.0 Å². The van der Waals surface area contributed by atoms with Gasteiger partial charge in [-0.25, -0.2) is 22.9 Å². The summed E-state index contributed by atoms with van der Waals surface area (Å²) in [6.07, 6.45) is 3.68. The van der Waals surface area contributed by atoms with Gasteiger partial charge in [0.05, 0.1) is 25.0 Å². The Hall–Kier alpha value is -3.81. The second-order valence-corrected chi connectivity index (χ2v) is 12.1. The van der Waals surface area contributed by atoms with Crippen molar-refractivity contribution < 1.29 is 37.4 Å². The molecule has 13 nitrogen and oxygen atoms in total. The monoisotopic (exact) mass is 545 g/mol. The first-order valence-corrected chi connectivity index (χ1v) is 13.9. The van der Waals surface area contributed by atoms with Crippen molar-refractivity contribution in [2.24, 2.45) is 18.9 Å². The minimum absolute atomic E-state index is 0.0585. The minimum Gasteiger partial charge on any atom is -0.484 e. The van der Waals surface area contributed by atoms with E-state index < -0.39 is 34.2 Å². The molecule has 2 aromatic rings. The van der Waals surface area contributed by atoms with E-state index in [1.54, 1.807) is 13.1 Å². The highest BCUT2D eigenvalue weighted by molar-refractivity contribution is 7.92. The van der Waals surface area contributed by atoms with Crippen LogP contribution in [0.5, 0.6) is 5.75 Å². The highest BCUT2D eigenvalue weighted by Crippen LogP contribution is 2.48. The summed E-state index contributed by atoms with van der Waals surface area (Å²) in [7, 11) is -2.56. The maximum Gasteiger partial charge on any atom is 0.417 e. The van der Waals surface area contributed by atoms with Crippen LogP contribution in [0.2, 0.25) is 0 Å². The fourth-order valence-corrected chi connectivity index (χ4v) is 7.65. The van der Waals surface area contributed by atoms with Crippen LogP contribution >= 0.6 is 0 Å². The minimum atomic E-state index is -4.15. The number of fused-ring (bicyclic) bond motifs is 3. The van der Waals surface area contributed by atoms with Crippen LogP contribution in [0.15, 0.2) is 35.5 Å². The molecule has 2 bridgehead atoms. The largest absolute Gasteiger partial charge is 0.484 e. The smallest absolute Gasteiger partial charge is 0.417 e. The van der Waals surface area contributed by atoms with Crippen molar-refractivity contribution in [1.82, 2.24) is 14.7 Å². The van der Waals surface area contributed by atoms with Crippen LogP contribution in [0, 0.1) is 11.8 Å². The highest BCUT2D eigenvalue weighted by Gasteiger charge is 2.45. The Bertz CT molecular complexity index is 1410. The molecule has 4 aliphatic rings. The number of rotatable bonds is 6. The first-order chi connectivity index (χ1) is 18.1. The quantitative estimate of drug-likeness (QED) is 0.575. The molecule has 2 aliphatic heterocycles. The van der Waals surface area contributed by atoms with Crippen molar-refractivity contribution in [2.75, 3.05) is 28.9 Å². The summed E-state index contributed by atoms with van der Waals surface area (Å²) in [6.45, 7) is -0.798. The summed E-state index contributed by atoms with van der Waals surface area (Å²) in [5.41, 5.74) is 0.535. The first kappa shape index (κ1) is 24.5. The molecule has 3 amide bonds. The van der Waals surface area contributed by atoms with Crippen molar-refractivity contribution in [1.29, 1.82) is 0 Å². The van der Waals surface area contributed by atoms with E-state index in [4.69, 9.17) is 9.47 Å². The number of hydrogen-bond donors (Lipinski definition) is 1. The van der Waals surface area contributed by atoms with Gasteiger partial charge in [0.25, 0.3) is 15.9 Å². The Morgan fingerprint density at radius 1 is 1.24 bits per heavy atom.